The summed E-state index contributed by atoms with van der Waals surface area (Å²) in [5.74, 6) is 2.20. The fourth-order valence-electron chi connectivity index (χ4n) is 2.87. The number of hydrogen-bond acceptors (Lipinski definition) is 5. The molecule has 1 fully saturated rings. The molecule has 0 amide bonds. The fraction of sp³-hybridized carbons (Fsp3) is 0.611. The molecule has 8 heteroatoms. The standard InChI is InChI=1S/C18H30N4O3S/c1-15-4-5-16(14-17(15)25-3)6-7-20-18(19-2)21-8-9-22-10-12-26(23,24)13-11-22/h4-5,14H,6-13H2,1-3H3,(H2,19,20,21). The molecule has 0 atom stereocenters. The van der Waals surface area contributed by atoms with E-state index in [-0.39, 0.29) is 11.5 Å². The van der Waals surface area contributed by atoms with Crippen molar-refractivity contribution in [2.75, 3.05) is 58.4 Å². The number of guanidine groups is 1. The molecule has 1 saturated heterocycles. The smallest absolute Gasteiger partial charge is 0.191 e. The van der Waals surface area contributed by atoms with Crippen molar-refractivity contribution < 1.29 is 13.2 Å². The Labute approximate surface area is 156 Å². The minimum Gasteiger partial charge on any atom is -0.496 e. The third-order valence-electron chi connectivity index (χ3n) is 4.56. The first-order chi connectivity index (χ1) is 12.4. The van der Waals surface area contributed by atoms with Gasteiger partial charge < -0.3 is 15.4 Å². The lowest BCUT2D eigenvalue weighted by molar-refractivity contribution is 0.299. The Bertz CT molecular complexity index is 705. The first-order valence-corrected chi connectivity index (χ1v) is 10.8. The number of sulfone groups is 1. The second-order valence-electron chi connectivity index (χ2n) is 6.47. The van der Waals surface area contributed by atoms with Crippen molar-refractivity contribution in [1.82, 2.24) is 15.5 Å². The molecule has 2 N–H and O–H groups in total. The molecular weight excluding hydrogens is 352 g/mol. The van der Waals surface area contributed by atoms with Gasteiger partial charge in [-0.25, -0.2) is 8.42 Å². The highest BCUT2D eigenvalue weighted by Gasteiger charge is 2.20. The van der Waals surface area contributed by atoms with Crippen LogP contribution in [-0.2, 0) is 16.3 Å². The minimum atomic E-state index is -2.81. The molecule has 0 spiro atoms. The molecule has 0 bridgehead atoms. The van der Waals surface area contributed by atoms with E-state index in [1.807, 2.05) is 6.92 Å². The number of aryl methyl sites for hydroxylation is 1. The number of aliphatic imine (C=N–C) groups is 1. The number of nitrogens with one attached hydrogen (secondary N) is 2. The molecular formula is C18H30N4O3S. The number of ether oxygens (including phenoxy) is 1. The van der Waals surface area contributed by atoms with Crippen LogP contribution in [0.2, 0.25) is 0 Å². The molecule has 0 aromatic heterocycles. The van der Waals surface area contributed by atoms with Crippen LogP contribution in [0.1, 0.15) is 11.1 Å². The highest BCUT2D eigenvalue weighted by Crippen LogP contribution is 2.18. The van der Waals surface area contributed by atoms with Crippen LogP contribution in [0.25, 0.3) is 0 Å². The molecule has 1 aliphatic heterocycles. The quantitative estimate of drug-likeness (QED) is 0.526. The number of benzene rings is 1. The summed E-state index contributed by atoms with van der Waals surface area (Å²) in [6.45, 7) is 5.58. The zero-order chi connectivity index (χ0) is 19.0. The maximum atomic E-state index is 11.4. The zero-order valence-corrected chi connectivity index (χ0v) is 16.7. The molecule has 0 radical (unpaired) electrons. The largest absolute Gasteiger partial charge is 0.496 e. The third-order valence-corrected chi connectivity index (χ3v) is 6.17. The Hall–Kier alpha value is -1.80. The van der Waals surface area contributed by atoms with Crippen LogP contribution < -0.4 is 15.4 Å². The summed E-state index contributed by atoms with van der Waals surface area (Å²) in [5.41, 5.74) is 2.34. The van der Waals surface area contributed by atoms with Gasteiger partial charge in [0.1, 0.15) is 5.75 Å². The van der Waals surface area contributed by atoms with Crippen molar-refractivity contribution >= 4 is 15.8 Å². The first kappa shape index (κ1) is 20.5. The van der Waals surface area contributed by atoms with Gasteiger partial charge in [-0.15, -0.1) is 0 Å². The Morgan fingerprint density at radius 1 is 1.23 bits per heavy atom. The van der Waals surface area contributed by atoms with Gasteiger partial charge in [-0.1, -0.05) is 12.1 Å². The summed E-state index contributed by atoms with van der Waals surface area (Å²) in [4.78, 5) is 6.39. The van der Waals surface area contributed by atoms with Crippen LogP contribution in [0, 0.1) is 6.92 Å². The SMILES string of the molecule is CN=C(NCCc1ccc(C)c(OC)c1)NCCN1CCS(=O)(=O)CC1. The second kappa shape index (κ2) is 9.78. The molecule has 1 aliphatic rings. The Morgan fingerprint density at radius 3 is 2.58 bits per heavy atom. The van der Waals surface area contributed by atoms with Gasteiger partial charge in [0.25, 0.3) is 0 Å². The summed E-state index contributed by atoms with van der Waals surface area (Å²) in [5, 5.41) is 6.58. The number of hydrogen-bond donors (Lipinski definition) is 2. The van der Waals surface area contributed by atoms with Gasteiger partial charge in [-0.05, 0) is 30.5 Å². The molecule has 2 rings (SSSR count). The van der Waals surface area contributed by atoms with Crippen molar-refractivity contribution in [3.8, 4) is 5.75 Å². The van der Waals surface area contributed by atoms with Crippen molar-refractivity contribution in [3.05, 3.63) is 29.3 Å². The first-order valence-electron chi connectivity index (χ1n) is 8.94. The van der Waals surface area contributed by atoms with Gasteiger partial charge in [-0.3, -0.25) is 9.89 Å². The minimum absolute atomic E-state index is 0.264. The number of methoxy groups -OCH3 is 1. The molecule has 7 nitrogen and oxygen atoms in total. The molecule has 0 aliphatic carbocycles. The molecule has 1 aromatic rings. The average Bonchev–Trinajstić information content (AvgIpc) is 2.63. The molecule has 1 heterocycles. The van der Waals surface area contributed by atoms with Gasteiger partial charge in [0.15, 0.2) is 15.8 Å². The average molecular weight is 383 g/mol. The maximum Gasteiger partial charge on any atom is 0.191 e. The Balaban J connectivity index is 1.68. The van der Waals surface area contributed by atoms with Crippen LogP contribution in [0.4, 0.5) is 0 Å². The van der Waals surface area contributed by atoms with Crippen LogP contribution in [-0.4, -0.2) is 77.7 Å². The van der Waals surface area contributed by atoms with Gasteiger partial charge >= 0.3 is 0 Å². The van der Waals surface area contributed by atoms with E-state index < -0.39 is 9.84 Å². The van der Waals surface area contributed by atoms with E-state index in [4.69, 9.17) is 4.74 Å². The van der Waals surface area contributed by atoms with E-state index in [2.05, 4.69) is 38.7 Å². The molecule has 0 unspecified atom stereocenters. The van der Waals surface area contributed by atoms with Crippen molar-refractivity contribution in [2.45, 2.75) is 13.3 Å². The number of nitrogens with zero attached hydrogens (tertiary/aromatic N) is 2. The van der Waals surface area contributed by atoms with E-state index in [1.54, 1.807) is 14.2 Å². The van der Waals surface area contributed by atoms with E-state index in [1.165, 1.54) is 5.56 Å². The monoisotopic (exact) mass is 382 g/mol. The summed E-state index contributed by atoms with van der Waals surface area (Å²) < 4.78 is 28.2. The van der Waals surface area contributed by atoms with E-state index >= 15 is 0 Å². The predicted octanol–water partition coefficient (Wildman–Crippen LogP) is 0.442. The topological polar surface area (TPSA) is 83.0 Å². The highest BCUT2D eigenvalue weighted by atomic mass is 32.2. The van der Waals surface area contributed by atoms with E-state index in [0.717, 1.165) is 43.3 Å². The van der Waals surface area contributed by atoms with Gasteiger partial charge in [0.2, 0.25) is 0 Å². The Morgan fingerprint density at radius 2 is 1.92 bits per heavy atom. The van der Waals surface area contributed by atoms with Gasteiger partial charge in [-0.2, -0.15) is 0 Å². The zero-order valence-electron chi connectivity index (χ0n) is 15.9. The molecule has 0 saturated carbocycles. The normalized spacial score (nSPS) is 17.7. The van der Waals surface area contributed by atoms with Crippen molar-refractivity contribution in [1.29, 1.82) is 0 Å². The molecule has 26 heavy (non-hydrogen) atoms. The summed E-state index contributed by atoms with van der Waals surface area (Å²) >= 11 is 0. The lowest BCUT2D eigenvalue weighted by Gasteiger charge is -2.26. The fourth-order valence-corrected chi connectivity index (χ4v) is 4.15. The van der Waals surface area contributed by atoms with Crippen molar-refractivity contribution in [2.24, 2.45) is 4.99 Å². The van der Waals surface area contributed by atoms with Crippen LogP contribution in [0.3, 0.4) is 0 Å². The van der Waals surface area contributed by atoms with Gasteiger partial charge in [0.05, 0.1) is 18.6 Å². The predicted molar refractivity (Wildman–Crippen MR) is 106 cm³/mol. The molecule has 1 aromatic carbocycles. The van der Waals surface area contributed by atoms with Crippen LogP contribution in [0.5, 0.6) is 5.75 Å². The van der Waals surface area contributed by atoms with Crippen molar-refractivity contribution in [3.63, 3.8) is 0 Å². The second-order valence-corrected chi connectivity index (χ2v) is 8.78. The van der Waals surface area contributed by atoms with Crippen LogP contribution in [0.15, 0.2) is 23.2 Å². The lowest BCUT2D eigenvalue weighted by atomic mass is 10.1. The highest BCUT2D eigenvalue weighted by molar-refractivity contribution is 7.91. The summed E-state index contributed by atoms with van der Waals surface area (Å²) in [6.07, 6.45) is 0.876. The van der Waals surface area contributed by atoms with E-state index in [9.17, 15) is 8.42 Å². The third kappa shape index (κ3) is 6.49. The number of rotatable bonds is 7. The molecule has 146 valence electrons. The van der Waals surface area contributed by atoms with Gasteiger partial charge in [0, 0.05) is 39.8 Å². The summed E-state index contributed by atoms with van der Waals surface area (Å²) in [7, 11) is 0.621. The van der Waals surface area contributed by atoms with Crippen LogP contribution >= 0.6 is 0 Å². The lowest BCUT2D eigenvalue weighted by Crippen LogP contribution is -2.46. The van der Waals surface area contributed by atoms with E-state index in [0.29, 0.717) is 13.1 Å². The Kier molecular flexibility index (Phi) is 7.71. The maximum absolute atomic E-state index is 11.4. The summed E-state index contributed by atoms with van der Waals surface area (Å²) in [6, 6.07) is 6.25.